The van der Waals surface area contributed by atoms with E-state index >= 15 is 0 Å². The fourth-order valence-corrected chi connectivity index (χ4v) is 3.94. The van der Waals surface area contributed by atoms with Gasteiger partial charge in [-0.15, -0.1) is 0 Å². The van der Waals surface area contributed by atoms with Crippen molar-refractivity contribution in [2.45, 2.75) is 57.9 Å². The molecule has 1 aliphatic carbocycles. The monoisotopic (exact) mass is 282 g/mol. The molecule has 0 aromatic carbocycles. The van der Waals surface area contributed by atoms with Crippen LogP contribution in [-0.4, -0.2) is 48.2 Å². The number of likely N-dealkylation sites (tertiary alicyclic amines) is 1. The van der Waals surface area contributed by atoms with E-state index in [0.717, 1.165) is 25.0 Å². The fourth-order valence-electron chi connectivity index (χ4n) is 3.94. The zero-order chi connectivity index (χ0) is 14.4. The SMILES string of the molecule is CCC1CCCC(N2CCCC(CNCC(=O)O)C2)C1. The van der Waals surface area contributed by atoms with Crippen molar-refractivity contribution in [3.8, 4) is 0 Å². The first kappa shape index (κ1) is 15.8. The van der Waals surface area contributed by atoms with Crippen molar-refractivity contribution in [3.63, 3.8) is 0 Å². The summed E-state index contributed by atoms with van der Waals surface area (Å²) >= 11 is 0. The van der Waals surface area contributed by atoms with Gasteiger partial charge in [0.15, 0.2) is 0 Å². The van der Waals surface area contributed by atoms with Gasteiger partial charge in [-0.25, -0.2) is 0 Å². The van der Waals surface area contributed by atoms with Crippen molar-refractivity contribution in [1.29, 1.82) is 0 Å². The van der Waals surface area contributed by atoms with E-state index in [1.165, 1.54) is 51.5 Å². The summed E-state index contributed by atoms with van der Waals surface area (Å²) in [5.41, 5.74) is 0. The molecular weight excluding hydrogens is 252 g/mol. The molecular formula is C16H30N2O2. The highest BCUT2D eigenvalue weighted by Gasteiger charge is 2.29. The van der Waals surface area contributed by atoms with Gasteiger partial charge < -0.3 is 15.3 Å². The van der Waals surface area contributed by atoms with Gasteiger partial charge in [0, 0.05) is 12.6 Å². The van der Waals surface area contributed by atoms with Gasteiger partial charge in [0.05, 0.1) is 6.54 Å². The third-order valence-corrected chi connectivity index (χ3v) is 5.11. The van der Waals surface area contributed by atoms with Gasteiger partial charge in [-0.05, 0) is 50.6 Å². The molecule has 1 saturated heterocycles. The number of rotatable bonds is 6. The summed E-state index contributed by atoms with van der Waals surface area (Å²) in [6.45, 7) is 5.68. The topological polar surface area (TPSA) is 52.6 Å². The van der Waals surface area contributed by atoms with Gasteiger partial charge in [0.25, 0.3) is 0 Å². The molecule has 2 aliphatic rings. The molecule has 0 aromatic heterocycles. The average molecular weight is 282 g/mol. The van der Waals surface area contributed by atoms with E-state index in [-0.39, 0.29) is 6.54 Å². The number of nitrogens with zero attached hydrogens (tertiary/aromatic N) is 1. The molecule has 1 aliphatic heterocycles. The Bertz CT molecular complexity index is 309. The van der Waals surface area contributed by atoms with Crippen LogP contribution in [0.1, 0.15) is 51.9 Å². The number of hydrogen-bond donors (Lipinski definition) is 2. The van der Waals surface area contributed by atoms with Gasteiger partial charge in [-0.1, -0.05) is 26.2 Å². The Labute approximate surface area is 122 Å². The minimum atomic E-state index is -0.754. The number of carbonyl (C=O) groups is 1. The highest BCUT2D eigenvalue weighted by atomic mass is 16.4. The van der Waals surface area contributed by atoms with E-state index in [9.17, 15) is 4.79 Å². The Balaban J connectivity index is 1.76. The fraction of sp³-hybridized carbons (Fsp3) is 0.938. The zero-order valence-corrected chi connectivity index (χ0v) is 12.8. The third kappa shape index (κ3) is 4.74. The molecule has 2 rings (SSSR count). The highest BCUT2D eigenvalue weighted by Crippen LogP contribution is 2.31. The summed E-state index contributed by atoms with van der Waals surface area (Å²) in [6.07, 6.45) is 9.40. The van der Waals surface area contributed by atoms with E-state index in [2.05, 4.69) is 17.1 Å². The normalized spacial score (nSPS) is 32.1. The number of carboxylic acid groups (broad SMARTS) is 1. The van der Waals surface area contributed by atoms with Crippen LogP contribution in [0.4, 0.5) is 0 Å². The van der Waals surface area contributed by atoms with Crippen LogP contribution in [0.25, 0.3) is 0 Å². The number of aliphatic carboxylic acids is 1. The maximum Gasteiger partial charge on any atom is 0.317 e. The van der Waals surface area contributed by atoms with Gasteiger partial charge in [-0.2, -0.15) is 0 Å². The molecule has 2 fully saturated rings. The second kappa shape index (κ2) is 7.99. The Morgan fingerprint density at radius 1 is 1.25 bits per heavy atom. The van der Waals surface area contributed by atoms with Crippen LogP contribution in [0.5, 0.6) is 0 Å². The van der Waals surface area contributed by atoms with Gasteiger partial charge in [-0.3, -0.25) is 4.79 Å². The van der Waals surface area contributed by atoms with E-state index in [4.69, 9.17) is 5.11 Å². The van der Waals surface area contributed by atoms with Gasteiger partial charge in [0.2, 0.25) is 0 Å². The molecule has 20 heavy (non-hydrogen) atoms. The van der Waals surface area contributed by atoms with E-state index < -0.39 is 5.97 Å². The first-order chi connectivity index (χ1) is 9.69. The number of nitrogens with one attached hydrogen (secondary N) is 1. The lowest BCUT2D eigenvalue weighted by atomic mass is 9.82. The van der Waals surface area contributed by atoms with Crippen LogP contribution in [0, 0.1) is 11.8 Å². The minimum absolute atomic E-state index is 0.0951. The van der Waals surface area contributed by atoms with Crippen LogP contribution in [0.2, 0.25) is 0 Å². The standard InChI is InChI=1S/C16H30N2O2/c1-2-13-5-3-7-15(9-13)18-8-4-6-14(12-18)10-17-11-16(19)20/h13-15,17H,2-12H2,1H3,(H,19,20). The molecule has 0 amide bonds. The van der Waals surface area contributed by atoms with Crippen molar-refractivity contribution in [2.75, 3.05) is 26.2 Å². The molecule has 1 saturated carbocycles. The van der Waals surface area contributed by atoms with Crippen molar-refractivity contribution in [2.24, 2.45) is 11.8 Å². The molecule has 0 bridgehead atoms. The van der Waals surface area contributed by atoms with Crippen LogP contribution < -0.4 is 5.32 Å². The predicted octanol–water partition coefficient (Wildman–Crippen LogP) is 2.34. The predicted molar refractivity (Wildman–Crippen MR) is 80.8 cm³/mol. The third-order valence-electron chi connectivity index (χ3n) is 5.11. The van der Waals surface area contributed by atoms with Crippen molar-refractivity contribution in [3.05, 3.63) is 0 Å². The van der Waals surface area contributed by atoms with Crippen molar-refractivity contribution < 1.29 is 9.90 Å². The molecule has 0 radical (unpaired) electrons. The Morgan fingerprint density at radius 2 is 2.05 bits per heavy atom. The van der Waals surface area contributed by atoms with Crippen LogP contribution in [-0.2, 0) is 4.79 Å². The molecule has 116 valence electrons. The van der Waals surface area contributed by atoms with Crippen LogP contribution >= 0.6 is 0 Å². The lowest BCUT2D eigenvalue weighted by Crippen LogP contribution is -2.47. The maximum atomic E-state index is 10.5. The summed E-state index contributed by atoms with van der Waals surface area (Å²) in [6, 6.07) is 0.788. The lowest BCUT2D eigenvalue weighted by Gasteiger charge is -2.42. The Morgan fingerprint density at radius 3 is 2.80 bits per heavy atom. The Kier molecular flexibility index (Phi) is 6.30. The summed E-state index contributed by atoms with van der Waals surface area (Å²) in [5.74, 6) is 0.806. The van der Waals surface area contributed by atoms with E-state index in [0.29, 0.717) is 5.92 Å². The van der Waals surface area contributed by atoms with E-state index in [1.54, 1.807) is 0 Å². The molecule has 0 aromatic rings. The molecule has 3 atom stereocenters. The van der Waals surface area contributed by atoms with Gasteiger partial charge >= 0.3 is 5.97 Å². The van der Waals surface area contributed by atoms with Crippen molar-refractivity contribution in [1.82, 2.24) is 10.2 Å². The maximum absolute atomic E-state index is 10.5. The molecule has 2 N–H and O–H groups in total. The lowest BCUT2D eigenvalue weighted by molar-refractivity contribution is -0.136. The number of hydrogen-bond acceptors (Lipinski definition) is 3. The van der Waals surface area contributed by atoms with E-state index in [1.807, 2.05) is 0 Å². The zero-order valence-electron chi connectivity index (χ0n) is 12.8. The molecule has 4 nitrogen and oxygen atoms in total. The van der Waals surface area contributed by atoms with Crippen LogP contribution in [0.3, 0.4) is 0 Å². The van der Waals surface area contributed by atoms with Gasteiger partial charge in [0.1, 0.15) is 0 Å². The quantitative estimate of drug-likeness (QED) is 0.785. The first-order valence-electron chi connectivity index (χ1n) is 8.35. The first-order valence-corrected chi connectivity index (χ1v) is 8.35. The second-order valence-electron chi connectivity index (χ2n) is 6.62. The van der Waals surface area contributed by atoms with Crippen LogP contribution in [0.15, 0.2) is 0 Å². The summed E-state index contributed by atoms with van der Waals surface area (Å²) < 4.78 is 0. The Hall–Kier alpha value is -0.610. The summed E-state index contributed by atoms with van der Waals surface area (Å²) in [7, 11) is 0. The smallest absolute Gasteiger partial charge is 0.317 e. The number of carboxylic acids is 1. The molecule has 0 spiro atoms. The summed E-state index contributed by atoms with van der Waals surface area (Å²) in [4.78, 5) is 13.2. The van der Waals surface area contributed by atoms with Crippen molar-refractivity contribution >= 4 is 5.97 Å². The average Bonchev–Trinajstić information content (AvgIpc) is 2.47. The number of piperidine rings is 1. The molecule has 1 heterocycles. The largest absolute Gasteiger partial charge is 0.480 e. The molecule has 4 heteroatoms. The molecule has 3 unspecified atom stereocenters. The highest BCUT2D eigenvalue weighted by molar-refractivity contribution is 5.68. The summed E-state index contributed by atoms with van der Waals surface area (Å²) in [5, 5.41) is 11.8. The second-order valence-corrected chi connectivity index (χ2v) is 6.62. The minimum Gasteiger partial charge on any atom is -0.480 e.